The molecule has 21 heavy (non-hydrogen) atoms. The average Bonchev–Trinajstić information content (AvgIpc) is 2.48. The molecule has 5 heteroatoms. The summed E-state index contributed by atoms with van der Waals surface area (Å²) < 4.78 is 0.805. The van der Waals surface area contributed by atoms with Crippen molar-refractivity contribution in [3.05, 3.63) is 63.6 Å². The summed E-state index contributed by atoms with van der Waals surface area (Å²) in [7, 11) is 0. The first-order valence-electron chi connectivity index (χ1n) is 6.40. The van der Waals surface area contributed by atoms with Crippen LogP contribution in [-0.4, -0.2) is 5.91 Å². The number of nitrogens with one attached hydrogen (secondary N) is 1. The van der Waals surface area contributed by atoms with Crippen molar-refractivity contribution in [1.82, 2.24) is 0 Å². The molecule has 0 radical (unpaired) electrons. The summed E-state index contributed by atoms with van der Waals surface area (Å²) in [4.78, 5) is 12.2. The molecule has 0 atom stereocenters. The molecule has 0 aliphatic carbocycles. The second-order valence-electron chi connectivity index (χ2n) is 4.50. The predicted molar refractivity (Wildman–Crippen MR) is 85.5 cm³/mol. The number of nitriles is 1. The lowest BCUT2D eigenvalue weighted by atomic mass is 10.0. The Bertz CT molecular complexity index is 707. The van der Waals surface area contributed by atoms with E-state index in [0.29, 0.717) is 17.8 Å². The van der Waals surface area contributed by atoms with Crippen molar-refractivity contribution < 1.29 is 4.79 Å². The van der Waals surface area contributed by atoms with Crippen LogP contribution in [0.3, 0.4) is 0 Å². The molecule has 0 spiro atoms. The van der Waals surface area contributed by atoms with Gasteiger partial charge in [-0.3, -0.25) is 4.79 Å². The Morgan fingerprint density at radius 3 is 2.62 bits per heavy atom. The van der Waals surface area contributed by atoms with Gasteiger partial charge in [0.05, 0.1) is 17.7 Å². The summed E-state index contributed by atoms with van der Waals surface area (Å²) in [6.07, 6.45) is 0.227. The van der Waals surface area contributed by atoms with Crippen LogP contribution in [0.2, 0.25) is 0 Å². The minimum Gasteiger partial charge on any atom is -0.326 e. The second-order valence-corrected chi connectivity index (χ2v) is 5.42. The van der Waals surface area contributed by atoms with Crippen molar-refractivity contribution in [3.8, 4) is 6.07 Å². The van der Waals surface area contributed by atoms with E-state index in [1.807, 2.05) is 24.3 Å². The fourth-order valence-electron chi connectivity index (χ4n) is 2.01. The highest BCUT2D eigenvalue weighted by Crippen LogP contribution is 2.21. The van der Waals surface area contributed by atoms with Crippen LogP contribution < -0.4 is 11.1 Å². The van der Waals surface area contributed by atoms with Gasteiger partial charge in [0, 0.05) is 11.0 Å². The Labute approximate surface area is 131 Å². The molecule has 4 nitrogen and oxygen atoms in total. The minimum absolute atomic E-state index is 0.175. The monoisotopic (exact) mass is 343 g/mol. The second kappa shape index (κ2) is 7.02. The third-order valence-electron chi connectivity index (χ3n) is 3.07. The van der Waals surface area contributed by atoms with E-state index in [9.17, 15) is 4.79 Å². The molecule has 0 aliphatic rings. The quantitative estimate of drug-likeness (QED) is 0.895. The fraction of sp³-hybridized carbons (Fsp3) is 0.125. The molecule has 0 saturated heterocycles. The maximum atomic E-state index is 12.2. The number of hydrogen-bond acceptors (Lipinski definition) is 3. The lowest BCUT2D eigenvalue weighted by Gasteiger charge is -2.10. The van der Waals surface area contributed by atoms with Gasteiger partial charge >= 0.3 is 0 Å². The smallest absolute Gasteiger partial charge is 0.228 e. The highest BCUT2D eigenvalue weighted by molar-refractivity contribution is 9.10. The molecule has 1 amide bonds. The summed E-state index contributed by atoms with van der Waals surface area (Å²) in [5, 5.41) is 11.8. The number of rotatable bonds is 4. The zero-order valence-corrected chi connectivity index (χ0v) is 12.9. The van der Waals surface area contributed by atoms with Crippen LogP contribution in [0.4, 0.5) is 5.69 Å². The molecule has 0 aliphatic heterocycles. The molecule has 0 unspecified atom stereocenters. The number of benzene rings is 2. The number of carbonyl (C=O) groups is 1. The van der Waals surface area contributed by atoms with Crippen LogP contribution in [0.1, 0.15) is 16.7 Å². The summed E-state index contributed by atoms with van der Waals surface area (Å²) >= 11 is 3.33. The average molecular weight is 344 g/mol. The van der Waals surface area contributed by atoms with Crippen molar-refractivity contribution in [2.45, 2.75) is 13.0 Å². The zero-order chi connectivity index (χ0) is 15.2. The maximum Gasteiger partial charge on any atom is 0.228 e. The van der Waals surface area contributed by atoms with Crippen LogP contribution in [0.25, 0.3) is 0 Å². The van der Waals surface area contributed by atoms with E-state index >= 15 is 0 Å². The molecule has 2 rings (SSSR count). The molecule has 0 aromatic heterocycles. The molecule has 0 saturated carbocycles. The largest absolute Gasteiger partial charge is 0.326 e. The first kappa shape index (κ1) is 15.2. The molecule has 2 aromatic carbocycles. The van der Waals surface area contributed by atoms with Crippen LogP contribution in [0, 0.1) is 11.3 Å². The van der Waals surface area contributed by atoms with Gasteiger partial charge in [0.2, 0.25) is 5.91 Å². The van der Waals surface area contributed by atoms with E-state index in [1.54, 1.807) is 18.2 Å². The van der Waals surface area contributed by atoms with Crippen LogP contribution in [0.5, 0.6) is 0 Å². The topological polar surface area (TPSA) is 78.9 Å². The van der Waals surface area contributed by atoms with Crippen molar-refractivity contribution in [2.75, 3.05) is 5.32 Å². The van der Waals surface area contributed by atoms with E-state index in [-0.39, 0.29) is 12.3 Å². The van der Waals surface area contributed by atoms with Crippen LogP contribution in [0.15, 0.2) is 46.9 Å². The van der Waals surface area contributed by atoms with Gasteiger partial charge < -0.3 is 11.1 Å². The predicted octanol–water partition coefficient (Wildman–Crippen LogP) is 2.96. The minimum atomic E-state index is -0.175. The SMILES string of the molecule is N#Cc1ccc(Br)cc1NC(=O)Cc1ccccc1CN. The Morgan fingerprint density at radius 2 is 1.95 bits per heavy atom. The normalized spacial score (nSPS) is 9.95. The van der Waals surface area contributed by atoms with Crippen molar-refractivity contribution in [1.29, 1.82) is 5.26 Å². The number of hydrogen-bond donors (Lipinski definition) is 2. The highest BCUT2D eigenvalue weighted by atomic mass is 79.9. The first-order valence-corrected chi connectivity index (χ1v) is 7.19. The lowest BCUT2D eigenvalue weighted by Crippen LogP contribution is -2.16. The first-order chi connectivity index (χ1) is 10.1. The fourth-order valence-corrected chi connectivity index (χ4v) is 2.37. The van der Waals surface area contributed by atoms with E-state index in [4.69, 9.17) is 11.0 Å². The number of carbonyl (C=O) groups excluding carboxylic acids is 1. The summed E-state index contributed by atoms with van der Waals surface area (Å²) in [6, 6.07) is 14.8. The third kappa shape index (κ3) is 3.91. The number of nitrogens with two attached hydrogens (primary N) is 1. The van der Waals surface area contributed by atoms with Crippen molar-refractivity contribution in [2.24, 2.45) is 5.73 Å². The number of nitrogens with zero attached hydrogens (tertiary/aromatic N) is 1. The molecule has 0 heterocycles. The lowest BCUT2D eigenvalue weighted by molar-refractivity contribution is -0.115. The molecular weight excluding hydrogens is 330 g/mol. The van der Waals surface area contributed by atoms with Crippen molar-refractivity contribution in [3.63, 3.8) is 0 Å². The molecule has 0 fully saturated rings. The summed E-state index contributed by atoms with van der Waals surface area (Å²) in [6.45, 7) is 0.393. The molecule has 0 bridgehead atoms. The van der Waals surface area contributed by atoms with Gasteiger partial charge in [-0.05, 0) is 29.3 Å². The van der Waals surface area contributed by atoms with Gasteiger partial charge in [-0.25, -0.2) is 0 Å². The van der Waals surface area contributed by atoms with Gasteiger partial charge in [-0.2, -0.15) is 5.26 Å². The molecule has 3 N–H and O–H groups in total. The van der Waals surface area contributed by atoms with E-state index in [0.717, 1.165) is 15.6 Å². The van der Waals surface area contributed by atoms with Gasteiger partial charge in [-0.1, -0.05) is 40.2 Å². The van der Waals surface area contributed by atoms with Crippen LogP contribution >= 0.6 is 15.9 Å². The van der Waals surface area contributed by atoms with Gasteiger partial charge in [0.25, 0.3) is 0 Å². The van der Waals surface area contributed by atoms with Gasteiger partial charge in [0.15, 0.2) is 0 Å². The van der Waals surface area contributed by atoms with Crippen molar-refractivity contribution >= 4 is 27.5 Å². The zero-order valence-electron chi connectivity index (χ0n) is 11.3. The number of amides is 1. The Balaban J connectivity index is 2.16. The Kier molecular flexibility index (Phi) is 5.09. The summed E-state index contributed by atoms with van der Waals surface area (Å²) in [5.74, 6) is -0.175. The Morgan fingerprint density at radius 1 is 1.24 bits per heavy atom. The van der Waals surface area contributed by atoms with E-state index in [1.165, 1.54) is 0 Å². The number of halogens is 1. The van der Waals surface area contributed by atoms with E-state index < -0.39 is 0 Å². The maximum absolute atomic E-state index is 12.2. The highest BCUT2D eigenvalue weighted by Gasteiger charge is 2.10. The van der Waals surface area contributed by atoms with Gasteiger partial charge in [-0.15, -0.1) is 0 Å². The van der Waals surface area contributed by atoms with Gasteiger partial charge in [0.1, 0.15) is 6.07 Å². The summed E-state index contributed by atoms with van der Waals surface area (Å²) in [5.41, 5.74) is 8.44. The standard InChI is InChI=1S/C16H14BrN3O/c17-14-6-5-13(10-19)15(8-14)20-16(21)7-11-3-1-2-4-12(11)9-18/h1-6,8H,7,9,18H2,(H,20,21). The van der Waals surface area contributed by atoms with E-state index in [2.05, 4.69) is 27.3 Å². The Hall–Kier alpha value is -2.16. The molecule has 106 valence electrons. The molecule has 2 aromatic rings. The third-order valence-corrected chi connectivity index (χ3v) is 3.56. The molecular formula is C16H14BrN3O. The van der Waals surface area contributed by atoms with Crippen LogP contribution in [-0.2, 0) is 17.8 Å². The number of anilines is 1.